The Labute approximate surface area is 209 Å². The summed E-state index contributed by atoms with van der Waals surface area (Å²) in [5.41, 5.74) is 3.03. The first-order valence-corrected chi connectivity index (χ1v) is 12.0. The standard InChI is InChI=1S/C25H29ClN2O5S/c1-30-19-10-8-14-16(13-18(19)29)17(27-25(34)28-11-5-6-12-28)9-7-15-20(14)22(31-2)24(33-4)23(32-3)21(15)26/h8,10,13,17H,5-7,9,11-12H2,1-4H3,(H,27,34)/t17-/m0/s1. The van der Waals surface area contributed by atoms with Crippen molar-refractivity contribution in [3.05, 3.63) is 44.6 Å². The smallest absolute Gasteiger partial charge is 0.220 e. The molecule has 0 radical (unpaired) electrons. The molecule has 0 amide bonds. The SMILES string of the molecule is COc1c(Cl)c2c(c(OC)c1OC)-c1ccc(OC)c(=O)cc1[C@@H](NC(=S)N1CCCC1)CC2. The summed E-state index contributed by atoms with van der Waals surface area (Å²) in [5, 5.41) is 4.67. The highest BCUT2D eigenvalue weighted by atomic mass is 35.5. The lowest BCUT2D eigenvalue weighted by Crippen LogP contribution is -2.40. The van der Waals surface area contributed by atoms with Crippen LogP contribution in [0.4, 0.5) is 0 Å². The predicted molar refractivity (Wildman–Crippen MR) is 137 cm³/mol. The van der Waals surface area contributed by atoms with Gasteiger partial charge in [-0.3, -0.25) is 4.79 Å². The summed E-state index contributed by atoms with van der Waals surface area (Å²) in [4.78, 5) is 15.2. The molecule has 1 heterocycles. The van der Waals surface area contributed by atoms with Crippen LogP contribution in [0.5, 0.6) is 23.0 Å². The van der Waals surface area contributed by atoms with Crippen molar-refractivity contribution in [1.82, 2.24) is 10.2 Å². The van der Waals surface area contributed by atoms with Gasteiger partial charge < -0.3 is 29.2 Å². The van der Waals surface area contributed by atoms with Crippen molar-refractivity contribution < 1.29 is 18.9 Å². The lowest BCUT2D eigenvalue weighted by molar-refractivity contribution is 0.325. The van der Waals surface area contributed by atoms with Crippen molar-refractivity contribution in [3.63, 3.8) is 0 Å². The van der Waals surface area contributed by atoms with Crippen molar-refractivity contribution in [2.75, 3.05) is 41.5 Å². The molecule has 34 heavy (non-hydrogen) atoms. The van der Waals surface area contributed by atoms with E-state index in [1.807, 2.05) is 6.07 Å². The lowest BCUT2D eigenvalue weighted by Gasteiger charge is -2.25. The van der Waals surface area contributed by atoms with Crippen LogP contribution in [0.15, 0.2) is 23.0 Å². The van der Waals surface area contributed by atoms with E-state index in [1.165, 1.54) is 7.11 Å². The summed E-state index contributed by atoms with van der Waals surface area (Å²) < 4.78 is 22.4. The van der Waals surface area contributed by atoms with Crippen LogP contribution in [0.25, 0.3) is 11.1 Å². The van der Waals surface area contributed by atoms with Crippen LogP contribution < -0.4 is 29.7 Å². The molecule has 1 aliphatic carbocycles. The zero-order valence-electron chi connectivity index (χ0n) is 19.8. The first kappa shape index (κ1) is 24.4. The average molecular weight is 505 g/mol. The largest absolute Gasteiger partial charge is 0.493 e. The predicted octanol–water partition coefficient (Wildman–Crippen LogP) is 4.36. The number of nitrogens with one attached hydrogen (secondary N) is 1. The minimum atomic E-state index is -0.211. The van der Waals surface area contributed by atoms with E-state index in [4.69, 9.17) is 42.8 Å². The van der Waals surface area contributed by atoms with Gasteiger partial charge in [0.2, 0.25) is 11.2 Å². The molecular formula is C25H29ClN2O5S. The Morgan fingerprint density at radius 2 is 1.71 bits per heavy atom. The Hall–Kier alpha value is -2.71. The highest BCUT2D eigenvalue weighted by Gasteiger charge is 2.32. The van der Waals surface area contributed by atoms with Crippen molar-refractivity contribution in [3.8, 4) is 34.1 Å². The van der Waals surface area contributed by atoms with Gasteiger partial charge in [0.25, 0.3) is 0 Å². The molecule has 0 spiro atoms. The highest BCUT2D eigenvalue weighted by Crippen LogP contribution is 2.54. The Morgan fingerprint density at radius 1 is 1.03 bits per heavy atom. The Bertz CT molecular complexity index is 1170. The molecule has 0 unspecified atom stereocenters. The van der Waals surface area contributed by atoms with Crippen LogP contribution in [0, 0.1) is 0 Å². The number of benzene rings is 1. The van der Waals surface area contributed by atoms with Gasteiger partial charge in [-0.15, -0.1) is 0 Å². The molecule has 2 aliphatic rings. The second kappa shape index (κ2) is 10.3. The summed E-state index contributed by atoms with van der Waals surface area (Å²) in [6, 6.07) is 4.96. The summed E-state index contributed by atoms with van der Waals surface area (Å²) in [6.07, 6.45) is 3.53. The fourth-order valence-electron chi connectivity index (χ4n) is 4.85. The molecule has 1 saturated heterocycles. The van der Waals surface area contributed by atoms with Gasteiger partial charge >= 0.3 is 0 Å². The highest BCUT2D eigenvalue weighted by molar-refractivity contribution is 7.80. The van der Waals surface area contributed by atoms with E-state index < -0.39 is 0 Å². The summed E-state index contributed by atoms with van der Waals surface area (Å²) in [5.74, 6) is 1.57. The molecule has 9 heteroatoms. The number of halogens is 1. The number of fused-ring (bicyclic) bond motifs is 3. The van der Waals surface area contributed by atoms with E-state index in [0.717, 1.165) is 48.2 Å². The van der Waals surface area contributed by atoms with E-state index in [2.05, 4.69) is 10.2 Å². The number of thiocarbonyl (C=S) groups is 1. The van der Waals surface area contributed by atoms with E-state index in [-0.39, 0.29) is 17.2 Å². The number of ether oxygens (including phenoxy) is 4. The van der Waals surface area contributed by atoms with Crippen LogP contribution in [-0.2, 0) is 6.42 Å². The van der Waals surface area contributed by atoms with Gasteiger partial charge in [-0.05, 0) is 66.7 Å². The lowest BCUT2D eigenvalue weighted by atomic mass is 9.95. The van der Waals surface area contributed by atoms with E-state index in [0.29, 0.717) is 40.2 Å². The van der Waals surface area contributed by atoms with Crippen molar-refractivity contribution in [1.29, 1.82) is 0 Å². The van der Waals surface area contributed by atoms with Crippen LogP contribution in [-0.4, -0.2) is 51.5 Å². The molecular weight excluding hydrogens is 476 g/mol. The second-order valence-corrected chi connectivity index (χ2v) is 9.05. The normalized spacial score (nSPS) is 16.7. The minimum Gasteiger partial charge on any atom is -0.493 e. The molecule has 4 rings (SSSR count). The third kappa shape index (κ3) is 4.25. The van der Waals surface area contributed by atoms with Gasteiger partial charge in [0.05, 0.1) is 39.5 Å². The van der Waals surface area contributed by atoms with Crippen molar-refractivity contribution in [2.24, 2.45) is 0 Å². The Morgan fingerprint density at radius 3 is 2.32 bits per heavy atom. The Kier molecular flexibility index (Phi) is 7.38. The van der Waals surface area contributed by atoms with Gasteiger partial charge in [-0.1, -0.05) is 17.7 Å². The third-order valence-electron chi connectivity index (χ3n) is 6.50. The van der Waals surface area contributed by atoms with Crippen LogP contribution in [0.2, 0.25) is 5.02 Å². The van der Waals surface area contributed by atoms with Gasteiger partial charge in [-0.2, -0.15) is 0 Å². The number of nitrogens with zero attached hydrogens (tertiary/aromatic N) is 1. The minimum absolute atomic E-state index is 0.210. The number of methoxy groups -OCH3 is 4. The van der Waals surface area contributed by atoms with Crippen molar-refractivity contribution >= 4 is 28.9 Å². The number of hydrogen-bond donors (Lipinski definition) is 1. The number of likely N-dealkylation sites (tertiary alicyclic amines) is 1. The van der Waals surface area contributed by atoms with Crippen LogP contribution in [0.3, 0.4) is 0 Å². The fourth-order valence-corrected chi connectivity index (χ4v) is 5.53. The average Bonchev–Trinajstić information content (AvgIpc) is 3.27. The zero-order valence-corrected chi connectivity index (χ0v) is 21.4. The monoisotopic (exact) mass is 504 g/mol. The van der Waals surface area contributed by atoms with Crippen LogP contribution in [0.1, 0.15) is 36.4 Å². The molecule has 7 nitrogen and oxygen atoms in total. The molecule has 182 valence electrons. The quantitative estimate of drug-likeness (QED) is 0.602. The van der Waals surface area contributed by atoms with E-state index in [1.54, 1.807) is 33.5 Å². The van der Waals surface area contributed by atoms with Gasteiger partial charge in [0.15, 0.2) is 22.4 Å². The molecule has 2 aromatic carbocycles. The third-order valence-corrected chi connectivity index (χ3v) is 7.27. The van der Waals surface area contributed by atoms with Crippen molar-refractivity contribution in [2.45, 2.75) is 31.7 Å². The maximum Gasteiger partial charge on any atom is 0.220 e. The molecule has 2 aromatic rings. The molecule has 0 aromatic heterocycles. The molecule has 0 bridgehead atoms. The zero-order chi connectivity index (χ0) is 24.4. The topological polar surface area (TPSA) is 69.3 Å². The molecule has 1 aliphatic heterocycles. The number of hydrogen-bond acceptors (Lipinski definition) is 6. The Balaban J connectivity index is 1.97. The first-order chi connectivity index (χ1) is 16.4. The summed E-state index contributed by atoms with van der Waals surface area (Å²) in [6.45, 7) is 1.87. The van der Waals surface area contributed by atoms with Gasteiger partial charge in [0.1, 0.15) is 0 Å². The maximum absolute atomic E-state index is 13.0. The molecule has 1 fully saturated rings. The van der Waals surface area contributed by atoms with Gasteiger partial charge in [-0.25, -0.2) is 0 Å². The van der Waals surface area contributed by atoms with Gasteiger partial charge in [0, 0.05) is 18.7 Å². The number of rotatable bonds is 5. The molecule has 1 N–H and O–H groups in total. The van der Waals surface area contributed by atoms with Crippen LogP contribution >= 0.6 is 23.8 Å². The second-order valence-electron chi connectivity index (χ2n) is 8.28. The fraction of sp³-hybridized carbons (Fsp3) is 0.440. The summed E-state index contributed by atoms with van der Waals surface area (Å²) in [7, 11) is 6.16. The van der Waals surface area contributed by atoms with E-state index in [9.17, 15) is 4.79 Å². The maximum atomic E-state index is 13.0. The first-order valence-electron chi connectivity index (χ1n) is 11.2. The summed E-state index contributed by atoms with van der Waals surface area (Å²) >= 11 is 12.6. The molecule has 1 atom stereocenters. The molecule has 0 saturated carbocycles. The van der Waals surface area contributed by atoms with E-state index >= 15 is 0 Å².